The molecule has 90 valence electrons. The molecule has 2 nitrogen and oxygen atoms in total. The van der Waals surface area contributed by atoms with E-state index in [4.69, 9.17) is 11.6 Å². The van der Waals surface area contributed by atoms with Crippen molar-refractivity contribution in [1.82, 2.24) is 4.98 Å². The molecule has 1 heterocycles. The number of nitrogens with zero attached hydrogens (tertiary/aromatic N) is 2. The molecule has 0 aromatic carbocycles. The van der Waals surface area contributed by atoms with Crippen LogP contribution in [-0.2, 0) is 0 Å². The molecule has 3 heteroatoms. The minimum absolute atomic E-state index is 0.544. The summed E-state index contributed by atoms with van der Waals surface area (Å²) in [6, 6.07) is 5.41. The average Bonchev–Trinajstić information content (AvgIpc) is 2.34. The van der Waals surface area contributed by atoms with E-state index < -0.39 is 0 Å². The van der Waals surface area contributed by atoms with Gasteiger partial charge in [-0.2, -0.15) is 0 Å². The second-order valence-corrected chi connectivity index (χ2v) is 2.78. The predicted molar refractivity (Wildman–Crippen MR) is 74.4 cm³/mol. The molecule has 0 radical (unpaired) electrons. The molecule has 1 aromatic rings. The first-order valence-corrected chi connectivity index (χ1v) is 5.82. The van der Waals surface area contributed by atoms with Gasteiger partial charge < -0.3 is 0 Å². The summed E-state index contributed by atoms with van der Waals surface area (Å²) in [6.45, 7) is 6.10. The summed E-state index contributed by atoms with van der Waals surface area (Å²) in [5.41, 5.74) is 0. The van der Waals surface area contributed by atoms with Crippen molar-refractivity contribution < 1.29 is 0 Å². The van der Waals surface area contributed by atoms with E-state index in [0.29, 0.717) is 5.15 Å². The average molecular weight is 241 g/mol. The molecule has 0 aliphatic rings. The molecule has 0 aliphatic carbocycles. The molecule has 0 aliphatic heterocycles. The van der Waals surface area contributed by atoms with Crippen LogP contribution in [0.25, 0.3) is 0 Å². The Balaban J connectivity index is 0. The van der Waals surface area contributed by atoms with Crippen molar-refractivity contribution in [3.63, 3.8) is 0 Å². The molecule has 16 heavy (non-hydrogen) atoms. The van der Waals surface area contributed by atoms with Crippen molar-refractivity contribution in [3.05, 3.63) is 41.7 Å². The number of hydrogen-bond donors (Lipinski definition) is 0. The lowest BCUT2D eigenvalue weighted by Crippen LogP contribution is -1.65. The molecule has 1 rings (SSSR count). The Bertz CT molecular complexity index is 269. The first-order chi connectivity index (χ1) is 7.81. The number of pyridine rings is 1. The fourth-order valence-corrected chi connectivity index (χ4v) is 0.754. The van der Waals surface area contributed by atoms with E-state index in [2.05, 4.69) is 23.0 Å². The SMILES string of the molecule is CC.CC/C=C\C=NC.Clc1ccccn1. The second-order valence-electron chi connectivity index (χ2n) is 2.40. The number of hydrogen-bond acceptors (Lipinski definition) is 2. The number of rotatable bonds is 2. The van der Waals surface area contributed by atoms with E-state index in [9.17, 15) is 0 Å². The maximum Gasteiger partial charge on any atom is 0.129 e. The van der Waals surface area contributed by atoms with Gasteiger partial charge in [0.15, 0.2) is 0 Å². The molecule has 0 amide bonds. The fraction of sp³-hybridized carbons (Fsp3) is 0.385. The van der Waals surface area contributed by atoms with E-state index >= 15 is 0 Å². The van der Waals surface area contributed by atoms with Gasteiger partial charge in [0.25, 0.3) is 0 Å². The smallest absolute Gasteiger partial charge is 0.129 e. The standard InChI is InChI=1S/C6H11N.C5H4ClN.C2H6/c1-3-4-5-6-7-2;6-5-3-1-2-4-7-5;1-2/h4-6H,3H2,1-2H3;1-4H;1-2H3/b5-4-,7-6?;;. The van der Waals surface area contributed by atoms with Crippen LogP contribution < -0.4 is 0 Å². The van der Waals surface area contributed by atoms with Crippen molar-refractivity contribution in [2.75, 3.05) is 7.05 Å². The Hall–Kier alpha value is -1.15. The highest BCUT2D eigenvalue weighted by molar-refractivity contribution is 6.29. The Morgan fingerprint density at radius 2 is 2.06 bits per heavy atom. The summed E-state index contributed by atoms with van der Waals surface area (Å²) >= 11 is 5.43. The van der Waals surface area contributed by atoms with Crippen LogP contribution in [0.2, 0.25) is 5.15 Å². The van der Waals surface area contributed by atoms with Crippen LogP contribution >= 0.6 is 11.6 Å². The van der Waals surface area contributed by atoms with Gasteiger partial charge in [-0.05, 0) is 24.6 Å². The van der Waals surface area contributed by atoms with Gasteiger partial charge in [-0.25, -0.2) is 4.98 Å². The molecule has 0 saturated carbocycles. The van der Waals surface area contributed by atoms with Crippen molar-refractivity contribution in [1.29, 1.82) is 0 Å². The zero-order chi connectivity index (χ0) is 12.6. The predicted octanol–water partition coefficient (Wildman–Crippen LogP) is 4.41. The van der Waals surface area contributed by atoms with Crippen molar-refractivity contribution in [3.8, 4) is 0 Å². The second kappa shape index (κ2) is 16.3. The molecule has 0 saturated heterocycles. The van der Waals surface area contributed by atoms with Gasteiger partial charge in [-0.1, -0.05) is 44.5 Å². The lowest BCUT2D eigenvalue weighted by molar-refractivity contribution is 1.23. The Kier molecular flexibility index (Phi) is 17.6. The summed E-state index contributed by atoms with van der Waals surface area (Å²) in [5, 5.41) is 0.544. The van der Waals surface area contributed by atoms with Gasteiger partial charge in [-0.3, -0.25) is 4.99 Å². The molecule has 0 atom stereocenters. The Morgan fingerprint density at radius 3 is 2.38 bits per heavy atom. The van der Waals surface area contributed by atoms with Crippen molar-refractivity contribution >= 4 is 17.8 Å². The quantitative estimate of drug-likeness (QED) is 0.555. The summed E-state index contributed by atoms with van der Waals surface area (Å²) in [6.07, 6.45) is 8.53. The summed E-state index contributed by atoms with van der Waals surface area (Å²) in [4.78, 5) is 7.51. The van der Waals surface area contributed by atoms with E-state index in [1.807, 2.05) is 32.1 Å². The Morgan fingerprint density at radius 1 is 1.38 bits per heavy atom. The lowest BCUT2D eigenvalue weighted by atomic mass is 10.4. The molecule has 0 fully saturated rings. The van der Waals surface area contributed by atoms with Gasteiger partial charge in [0.05, 0.1) is 0 Å². The van der Waals surface area contributed by atoms with Gasteiger partial charge in [0.2, 0.25) is 0 Å². The monoisotopic (exact) mass is 240 g/mol. The summed E-state index contributed by atoms with van der Waals surface area (Å²) in [7, 11) is 1.76. The third kappa shape index (κ3) is 15.3. The minimum atomic E-state index is 0.544. The van der Waals surface area contributed by atoms with Crippen LogP contribution in [0.4, 0.5) is 0 Å². The highest BCUT2D eigenvalue weighted by Gasteiger charge is 1.76. The molecule has 0 spiro atoms. The largest absolute Gasteiger partial charge is 0.297 e. The molecule has 0 bridgehead atoms. The molecule has 0 unspecified atom stereocenters. The highest BCUT2D eigenvalue weighted by atomic mass is 35.5. The number of halogens is 1. The van der Waals surface area contributed by atoms with Crippen molar-refractivity contribution in [2.45, 2.75) is 27.2 Å². The van der Waals surface area contributed by atoms with Crippen LogP contribution in [0.3, 0.4) is 0 Å². The summed E-state index contributed by atoms with van der Waals surface area (Å²) < 4.78 is 0. The third-order valence-electron chi connectivity index (χ3n) is 1.24. The van der Waals surface area contributed by atoms with E-state index in [-0.39, 0.29) is 0 Å². The fourth-order valence-electron chi connectivity index (χ4n) is 0.625. The topological polar surface area (TPSA) is 25.2 Å². The maximum absolute atomic E-state index is 5.43. The normalized spacial score (nSPS) is 9.31. The van der Waals surface area contributed by atoms with Gasteiger partial charge in [0, 0.05) is 19.5 Å². The Labute approximate surface area is 104 Å². The number of allylic oxidation sites excluding steroid dienone is 2. The molecule has 1 aromatic heterocycles. The van der Waals surface area contributed by atoms with Crippen LogP contribution in [-0.4, -0.2) is 18.2 Å². The van der Waals surface area contributed by atoms with Gasteiger partial charge in [-0.15, -0.1) is 0 Å². The first kappa shape index (κ1) is 17.3. The maximum atomic E-state index is 5.43. The van der Waals surface area contributed by atoms with E-state index in [1.54, 1.807) is 25.5 Å². The third-order valence-corrected chi connectivity index (χ3v) is 1.46. The van der Waals surface area contributed by atoms with Crippen LogP contribution in [0, 0.1) is 0 Å². The molecular weight excluding hydrogens is 220 g/mol. The number of aromatic nitrogens is 1. The first-order valence-electron chi connectivity index (χ1n) is 5.45. The highest BCUT2D eigenvalue weighted by Crippen LogP contribution is 1.98. The van der Waals surface area contributed by atoms with Gasteiger partial charge in [0.1, 0.15) is 5.15 Å². The van der Waals surface area contributed by atoms with Gasteiger partial charge >= 0.3 is 0 Å². The van der Waals surface area contributed by atoms with E-state index in [1.165, 1.54) is 0 Å². The zero-order valence-electron chi connectivity index (χ0n) is 10.5. The summed E-state index contributed by atoms with van der Waals surface area (Å²) in [5.74, 6) is 0. The van der Waals surface area contributed by atoms with E-state index in [0.717, 1.165) is 6.42 Å². The lowest BCUT2D eigenvalue weighted by Gasteiger charge is -1.79. The van der Waals surface area contributed by atoms with Crippen LogP contribution in [0.1, 0.15) is 27.2 Å². The number of aliphatic imine (C=N–C) groups is 1. The van der Waals surface area contributed by atoms with Crippen LogP contribution in [0.15, 0.2) is 41.5 Å². The minimum Gasteiger partial charge on any atom is -0.297 e. The molecule has 0 N–H and O–H groups in total. The zero-order valence-corrected chi connectivity index (χ0v) is 11.3. The molecular formula is C13H21ClN2. The van der Waals surface area contributed by atoms with Crippen LogP contribution in [0.5, 0.6) is 0 Å². The van der Waals surface area contributed by atoms with Crippen molar-refractivity contribution in [2.24, 2.45) is 4.99 Å².